The fraction of sp³-hybridized carbons (Fsp3) is 0.647. The molecule has 0 bridgehead atoms. The first kappa shape index (κ1) is 14.4. The molecular formula is C17H27NO. The van der Waals surface area contributed by atoms with Crippen LogP contribution in [0.3, 0.4) is 0 Å². The highest BCUT2D eigenvalue weighted by Crippen LogP contribution is 2.47. The van der Waals surface area contributed by atoms with E-state index in [-0.39, 0.29) is 0 Å². The summed E-state index contributed by atoms with van der Waals surface area (Å²) in [4.78, 5) is 0. The molecule has 2 nitrogen and oxygen atoms in total. The quantitative estimate of drug-likeness (QED) is 0.786. The van der Waals surface area contributed by atoms with Gasteiger partial charge >= 0.3 is 0 Å². The molecule has 1 fully saturated rings. The van der Waals surface area contributed by atoms with Gasteiger partial charge < -0.3 is 10.4 Å². The summed E-state index contributed by atoms with van der Waals surface area (Å²) in [6.45, 7) is 9.04. The van der Waals surface area contributed by atoms with Gasteiger partial charge in [0.05, 0.1) is 0 Å². The van der Waals surface area contributed by atoms with Gasteiger partial charge in [-0.3, -0.25) is 0 Å². The molecule has 1 saturated carbocycles. The van der Waals surface area contributed by atoms with Crippen molar-refractivity contribution < 1.29 is 5.11 Å². The monoisotopic (exact) mass is 261 g/mol. The molecule has 19 heavy (non-hydrogen) atoms. The van der Waals surface area contributed by atoms with Gasteiger partial charge in [0.15, 0.2) is 0 Å². The maximum atomic E-state index is 9.60. The predicted octanol–water partition coefficient (Wildman–Crippen LogP) is 3.60. The van der Waals surface area contributed by atoms with Crippen molar-refractivity contribution in [3.63, 3.8) is 0 Å². The van der Waals surface area contributed by atoms with Crippen LogP contribution in [0.25, 0.3) is 0 Å². The van der Waals surface area contributed by atoms with Crippen LogP contribution in [0.2, 0.25) is 0 Å². The van der Waals surface area contributed by atoms with Crippen LogP contribution in [0, 0.1) is 17.3 Å². The molecule has 0 aromatic heterocycles. The van der Waals surface area contributed by atoms with E-state index < -0.39 is 0 Å². The molecule has 0 heterocycles. The van der Waals surface area contributed by atoms with Gasteiger partial charge in [-0.1, -0.05) is 32.9 Å². The number of aromatic hydroxyl groups is 1. The second-order valence-corrected chi connectivity index (χ2v) is 6.80. The molecule has 1 aromatic rings. The predicted molar refractivity (Wildman–Crippen MR) is 80.3 cm³/mol. The summed E-state index contributed by atoms with van der Waals surface area (Å²) in [5.41, 5.74) is 1.57. The fourth-order valence-electron chi connectivity index (χ4n) is 2.91. The van der Waals surface area contributed by atoms with Crippen LogP contribution >= 0.6 is 0 Å². The van der Waals surface area contributed by atoms with Gasteiger partial charge in [-0.15, -0.1) is 0 Å². The molecule has 1 aromatic carbocycles. The first-order valence-corrected chi connectivity index (χ1v) is 7.48. The fourth-order valence-corrected chi connectivity index (χ4v) is 2.91. The third-order valence-electron chi connectivity index (χ3n) is 4.16. The lowest BCUT2D eigenvalue weighted by Crippen LogP contribution is -2.37. The maximum absolute atomic E-state index is 9.60. The lowest BCUT2D eigenvalue weighted by molar-refractivity contribution is 0.252. The van der Waals surface area contributed by atoms with E-state index in [1.54, 1.807) is 6.07 Å². The summed E-state index contributed by atoms with van der Waals surface area (Å²) >= 11 is 0. The van der Waals surface area contributed by atoms with E-state index in [1.807, 2.05) is 12.1 Å². The van der Waals surface area contributed by atoms with Crippen molar-refractivity contribution in [3.05, 3.63) is 29.8 Å². The van der Waals surface area contributed by atoms with Crippen molar-refractivity contribution in [1.29, 1.82) is 0 Å². The maximum Gasteiger partial charge on any atom is 0.115 e. The Balaban J connectivity index is 1.98. The van der Waals surface area contributed by atoms with Crippen molar-refractivity contribution >= 4 is 0 Å². The number of hydrogen-bond acceptors (Lipinski definition) is 2. The first-order chi connectivity index (χ1) is 8.99. The minimum Gasteiger partial charge on any atom is -0.508 e. The van der Waals surface area contributed by atoms with E-state index >= 15 is 0 Å². The van der Waals surface area contributed by atoms with E-state index in [0.717, 1.165) is 25.4 Å². The van der Waals surface area contributed by atoms with Gasteiger partial charge in [-0.2, -0.15) is 0 Å². The molecule has 1 atom stereocenters. The average molecular weight is 261 g/mol. The third kappa shape index (κ3) is 4.24. The lowest BCUT2D eigenvalue weighted by atomic mass is 9.78. The highest BCUT2D eigenvalue weighted by atomic mass is 16.3. The standard InChI is InChI=1S/C17H27NO/c1-13(2)11-18-12-17(3,15-7-8-15)10-14-5-4-6-16(19)9-14/h4-6,9,13,15,18-19H,7-8,10-12H2,1-3H3. The van der Waals surface area contributed by atoms with Gasteiger partial charge in [0.25, 0.3) is 0 Å². The molecule has 1 unspecified atom stereocenters. The molecule has 2 rings (SSSR count). The molecule has 0 spiro atoms. The molecule has 2 N–H and O–H groups in total. The zero-order valence-electron chi connectivity index (χ0n) is 12.4. The van der Waals surface area contributed by atoms with Crippen LogP contribution in [-0.4, -0.2) is 18.2 Å². The van der Waals surface area contributed by atoms with Gasteiger partial charge in [0.1, 0.15) is 5.75 Å². The third-order valence-corrected chi connectivity index (χ3v) is 4.16. The van der Waals surface area contributed by atoms with Crippen LogP contribution in [0.1, 0.15) is 39.2 Å². The Labute approximate surface area is 117 Å². The van der Waals surface area contributed by atoms with Gasteiger partial charge in [0.2, 0.25) is 0 Å². The Bertz CT molecular complexity index is 411. The smallest absolute Gasteiger partial charge is 0.115 e. The van der Waals surface area contributed by atoms with Crippen LogP contribution in [-0.2, 0) is 6.42 Å². The molecule has 0 aliphatic heterocycles. The Morgan fingerprint density at radius 1 is 1.37 bits per heavy atom. The largest absolute Gasteiger partial charge is 0.508 e. The van der Waals surface area contributed by atoms with Crippen molar-refractivity contribution in [2.45, 2.75) is 40.0 Å². The summed E-state index contributed by atoms with van der Waals surface area (Å²) in [6, 6.07) is 7.72. The molecule has 0 radical (unpaired) electrons. The molecule has 0 saturated heterocycles. The molecule has 1 aliphatic rings. The number of phenols is 1. The van der Waals surface area contributed by atoms with E-state index in [1.165, 1.54) is 18.4 Å². The first-order valence-electron chi connectivity index (χ1n) is 7.48. The molecule has 1 aliphatic carbocycles. The Morgan fingerprint density at radius 3 is 2.68 bits per heavy atom. The van der Waals surface area contributed by atoms with Crippen LogP contribution < -0.4 is 5.32 Å². The van der Waals surface area contributed by atoms with E-state index in [9.17, 15) is 5.11 Å². The molecule has 2 heteroatoms. The second-order valence-electron chi connectivity index (χ2n) is 6.80. The highest BCUT2D eigenvalue weighted by molar-refractivity contribution is 5.28. The van der Waals surface area contributed by atoms with Gasteiger partial charge in [-0.25, -0.2) is 0 Å². The highest BCUT2D eigenvalue weighted by Gasteiger charge is 2.41. The van der Waals surface area contributed by atoms with E-state index in [2.05, 4.69) is 32.2 Å². The zero-order valence-corrected chi connectivity index (χ0v) is 12.4. The topological polar surface area (TPSA) is 32.3 Å². The minimum absolute atomic E-state index is 0.322. The number of hydrogen-bond donors (Lipinski definition) is 2. The Morgan fingerprint density at radius 2 is 2.11 bits per heavy atom. The van der Waals surface area contributed by atoms with Crippen molar-refractivity contribution in [2.75, 3.05) is 13.1 Å². The summed E-state index contributed by atoms with van der Waals surface area (Å²) in [5, 5.41) is 13.2. The van der Waals surface area contributed by atoms with Crippen molar-refractivity contribution in [1.82, 2.24) is 5.32 Å². The van der Waals surface area contributed by atoms with Crippen LogP contribution in [0.15, 0.2) is 24.3 Å². The normalized spacial score (nSPS) is 18.5. The number of nitrogens with one attached hydrogen (secondary N) is 1. The van der Waals surface area contributed by atoms with Crippen LogP contribution in [0.5, 0.6) is 5.75 Å². The van der Waals surface area contributed by atoms with Crippen molar-refractivity contribution in [3.8, 4) is 5.75 Å². The summed E-state index contributed by atoms with van der Waals surface area (Å²) in [7, 11) is 0. The SMILES string of the molecule is CC(C)CNCC(C)(Cc1cccc(O)c1)C1CC1. The van der Waals surface area contributed by atoms with E-state index in [4.69, 9.17) is 0 Å². The minimum atomic E-state index is 0.322. The second kappa shape index (κ2) is 5.96. The van der Waals surface area contributed by atoms with Gasteiger partial charge in [-0.05, 0) is 60.8 Å². The Kier molecular flexibility index (Phi) is 4.51. The zero-order chi connectivity index (χ0) is 13.9. The van der Waals surface area contributed by atoms with E-state index in [0.29, 0.717) is 17.1 Å². The summed E-state index contributed by atoms with van der Waals surface area (Å²) in [6.07, 6.45) is 3.77. The number of benzene rings is 1. The number of rotatable bonds is 7. The molecule has 0 amide bonds. The lowest BCUT2D eigenvalue weighted by Gasteiger charge is -2.31. The average Bonchev–Trinajstić information content (AvgIpc) is 3.12. The van der Waals surface area contributed by atoms with Crippen molar-refractivity contribution in [2.24, 2.45) is 17.3 Å². The number of phenolic OH excluding ortho intramolecular Hbond substituents is 1. The summed E-state index contributed by atoms with van der Waals surface area (Å²) < 4.78 is 0. The van der Waals surface area contributed by atoms with Crippen LogP contribution in [0.4, 0.5) is 0 Å². The Hall–Kier alpha value is -1.02. The molecule has 106 valence electrons. The molecular weight excluding hydrogens is 234 g/mol. The van der Waals surface area contributed by atoms with Gasteiger partial charge in [0, 0.05) is 6.54 Å². The summed E-state index contributed by atoms with van der Waals surface area (Å²) in [5.74, 6) is 1.92.